The van der Waals surface area contributed by atoms with Gasteiger partial charge in [0.05, 0.1) is 0 Å². The van der Waals surface area contributed by atoms with Crippen LogP contribution >= 0.6 is 0 Å². The average molecular weight is 307 g/mol. The van der Waals surface area contributed by atoms with Crippen LogP contribution in [0.5, 0.6) is 0 Å². The van der Waals surface area contributed by atoms with Crippen LogP contribution in [0.2, 0.25) is 0 Å². The molecule has 0 aromatic carbocycles. The van der Waals surface area contributed by atoms with Gasteiger partial charge in [0.15, 0.2) is 0 Å². The van der Waals surface area contributed by atoms with Crippen LogP contribution in [0.3, 0.4) is 0 Å². The van der Waals surface area contributed by atoms with Gasteiger partial charge in [-0.1, -0.05) is 26.7 Å². The molecule has 5 nitrogen and oxygen atoms in total. The van der Waals surface area contributed by atoms with Gasteiger partial charge in [-0.15, -0.1) is 0 Å². The summed E-state index contributed by atoms with van der Waals surface area (Å²) in [4.78, 5) is 25.8. The third-order valence-electron chi connectivity index (χ3n) is 6.08. The zero-order valence-electron chi connectivity index (χ0n) is 13.9. The molecule has 3 fully saturated rings. The minimum Gasteiger partial charge on any atom is -0.354 e. The number of rotatable bonds is 5. The Labute approximate surface area is 133 Å². The first kappa shape index (κ1) is 15.6. The van der Waals surface area contributed by atoms with Gasteiger partial charge >= 0.3 is 6.03 Å². The number of likely N-dealkylation sites (tertiary alicyclic amines) is 1. The summed E-state index contributed by atoms with van der Waals surface area (Å²) in [6, 6.07) is 0.0213. The molecule has 22 heavy (non-hydrogen) atoms. The quantitative estimate of drug-likeness (QED) is 0.763. The molecule has 2 N–H and O–H groups in total. The Kier molecular flexibility index (Phi) is 4.33. The average Bonchev–Trinajstić information content (AvgIpc) is 2.95. The maximum absolute atomic E-state index is 12.0. The summed E-state index contributed by atoms with van der Waals surface area (Å²) in [7, 11) is 0. The molecule has 3 amide bonds. The van der Waals surface area contributed by atoms with Crippen LogP contribution in [0.1, 0.15) is 46.0 Å². The van der Waals surface area contributed by atoms with Crippen molar-refractivity contribution in [2.24, 2.45) is 23.2 Å². The number of amides is 3. The molecule has 2 aliphatic carbocycles. The van der Waals surface area contributed by atoms with Crippen molar-refractivity contribution in [3.8, 4) is 0 Å². The van der Waals surface area contributed by atoms with Gasteiger partial charge in [-0.05, 0) is 36.0 Å². The van der Waals surface area contributed by atoms with Gasteiger partial charge in [0.2, 0.25) is 5.91 Å². The highest BCUT2D eigenvalue weighted by Crippen LogP contribution is 2.61. The van der Waals surface area contributed by atoms with Crippen molar-refractivity contribution in [3.05, 3.63) is 0 Å². The second-order valence-electron chi connectivity index (χ2n) is 7.88. The van der Waals surface area contributed by atoms with Gasteiger partial charge in [-0.2, -0.15) is 0 Å². The minimum absolute atomic E-state index is 0.0213. The lowest BCUT2D eigenvalue weighted by Crippen LogP contribution is -2.43. The SMILES string of the molecule is CC1(C)[C@H]2CN(C(=O)NCCNC(=O)CC3CCCC3)C[C@@H]21. The van der Waals surface area contributed by atoms with Gasteiger partial charge in [-0.3, -0.25) is 4.79 Å². The lowest BCUT2D eigenvalue weighted by Gasteiger charge is -2.22. The highest BCUT2D eigenvalue weighted by molar-refractivity contribution is 5.77. The van der Waals surface area contributed by atoms with E-state index in [1.165, 1.54) is 25.7 Å². The van der Waals surface area contributed by atoms with Crippen molar-refractivity contribution < 1.29 is 9.59 Å². The van der Waals surface area contributed by atoms with E-state index in [-0.39, 0.29) is 11.9 Å². The standard InChI is InChI=1S/C17H29N3O2/c1-17(2)13-10-20(11-14(13)17)16(22)19-8-7-18-15(21)9-12-5-3-4-6-12/h12-14H,3-11H2,1-2H3,(H,18,21)(H,19,22)/t13-,14-/m0/s1. The Morgan fingerprint density at radius 1 is 1.05 bits per heavy atom. The predicted molar refractivity (Wildman–Crippen MR) is 85.3 cm³/mol. The van der Waals surface area contributed by atoms with Gasteiger partial charge < -0.3 is 15.5 Å². The zero-order chi connectivity index (χ0) is 15.7. The van der Waals surface area contributed by atoms with Crippen LogP contribution in [0.25, 0.3) is 0 Å². The van der Waals surface area contributed by atoms with E-state index in [1.54, 1.807) is 0 Å². The molecular weight excluding hydrogens is 278 g/mol. The first-order valence-corrected chi connectivity index (χ1v) is 8.78. The largest absolute Gasteiger partial charge is 0.354 e. The van der Waals surface area contributed by atoms with Crippen LogP contribution in [-0.2, 0) is 4.79 Å². The predicted octanol–water partition coefficient (Wildman–Crippen LogP) is 1.98. The van der Waals surface area contributed by atoms with Crippen LogP contribution in [0.4, 0.5) is 4.79 Å². The zero-order valence-corrected chi connectivity index (χ0v) is 13.9. The Hall–Kier alpha value is -1.26. The van der Waals surface area contributed by atoms with E-state index in [1.807, 2.05) is 4.90 Å². The number of fused-ring (bicyclic) bond motifs is 1. The molecule has 1 heterocycles. The van der Waals surface area contributed by atoms with E-state index < -0.39 is 0 Å². The molecule has 0 aromatic heterocycles. The number of nitrogens with zero attached hydrogens (tertiary/aromatic N) is 1. The normalized spacial score (nSPS) is 29.3. The third kappa shape index (κ3) is 3.23. The second kappa shape index (κ2) is 6.09. The van der Waals surface area contributed by atoms with Crippen LogP contribution < -0.4 is 10.6 Å². The summed E-state index contributed by atoms with van der Waals surface area (Å²) in [5, 5.41) is 5.83. The smallest absolute Gasteiger partial charge is 0.317 e. The topological polar surface area (TPSA) is 61.4 Å². The Morgan fingerprint density at radius 3 is 2.27 bits per heavy atom. The number of piperidine rings is 1. The molecule has 3 aliphatic rings. The maximum atomic E-state index is 12.0. The Morgan fingerprint density at radius 2 is 1.64 bits per heavy atom. The van der Waals surface area contributed by atoms with Crippen molar-refractivity contribution in [2.45, 2.75) is 46.0 Å². The van der Waals surface area contributed by atoms with Gasteiger partial charge in [0, 0.05) is 32.6 Å². The molecular formula is C17H29N3O2. The molecule has 2 atom stereocenters. The van der Waals surface area contributed by atoms with Crippen molar-refractivity contribution in [1.82, 2.24) is 15.5 Å². The molecule has 0 bridgehead atoms. The van der Waals surface area contributed by atoms with Crippen LogP contribution in [-0.4, -0.2) is 43.0 Å². The van der Waals surface area contributed by atoms with E-state index in [0.717, 1.165) is 13.1 Å². The highest BCUT2D eigenvalue weighted by atomic mass is 16.2. The molecule has 124 valence electrons. The monoisotopic (exact) mass is 307 g/mol. The van der Waals surface area contributed by atoms with E-state index in [9.17, 15) is 9.59 Å². The van der Waals surface area contributed by atoms with Gasteiger partial charge in [0.1, 0.15) is 0 Å². The Balaban J connectivity index is 1.26. The first-order valence-electron chi connectivity index (χ1n) is 8.78. The fourth-order valence-corrected chi connectivity index (χ4v) is 4.33. The fourth-order valence-electron chi connectivity index (χ4n) is 4.33. The van der Waals surface area contributed by atoms with E-state index in [0.29, 0.717) is 42.7 Å². The molecule has 0 aromatic rings. The highest BCUT2D eigenvalue weighted by Gasteiger charge is 2.62. The number of carbonyl (C=O) groups is 2. The summed E-state index contributed by atoms with van der Waals surface area (Å²) < 4.78 is 0. The van der Waals surface area contributed by atoms with Gasteiger partial charge in [0.25, 0.3) is 0 Å². The number of hydrogen-bond donors (Lipinski definition) is 2. The fraction of sp³-hybridized carbons (Fsp3) is 0.882. The van der Waals surface area contributed by atoms with Crippen LogP contribution in [0, 0.1) is 23.2 Å². The molecule has 1 saturated heterocycles. The number of carbonyl (C=O) groups excluding carboxylic acids is 2. The summed E-state index contributed by atoms with van der Waals surface area (Å²) in [5.41, 5.74) is 0.436. The number of nitrogens with one attached hydrogen (secondary N) is 2. The maximum Gasteiger partial charge on any atom is 0.317 e. The summed E-state index contributed by atoms with van der Waals surface area (Å²) in [6.45, 7) is 7.40. The Bertz CT molecular complexity index is 429. The summed E-state index contributed by atoms with van der Waals surface area (Å²) >= 11 is 0. The number of hydrogen-bond acceptors (Lipinski definition) is 2. The van der Waals surface area contributed by atoms with E-state index in [2.05, 4.69) is 24.5 Å². The van der Waals surface area contributed by atoms with Crippen molar-refractivity contribution in [3.63, 3.8) is 0 Å². The van der Waals surface area contributed by atoms with E-state index in [4.69, 9.17) is 0 Å². The molecule has 0 unspecified atom stereocenters. The number of urea groups is 1. The molecule has 3 rings (SSSR count). The molecule has 1 aliphatic heterocycles. The van der Waals surface area contributed by atoms with E-state index >= 15 is 0 Å². The molecule has 2 saturated carbocycles. The van der Waals surface area contributed by atoms with Crippen LogP contribution in [0.15, 0.2) is 0 Å². The third-order valence-corrected chi connectivity index (χ3v) is 6.08. The second-order valence-corrected chi connectivity index (χ2v) is 7.88. The first-order chi connectivity index (χ1) is 10.5. The summed E-state index contributed by atoms with van der Waals surface area (Å²) in [6.07, 6.45) is 5.57. The van der Waals surface area contributed by atoms with Crippen molar-refractivity contribution in [2.75, 3.05) is 26.2 Å². The van der Waals surface area contributed by atoms with Crippen molar-refractivity contribution in [1.29, 1.82) is 0 Å². The van der Waals surface area contributed by atoms with Crippen molar-refractivity contribution >= 4 is 11.9 Å². The summed E-state index contributed by atoms with van der Waals surface area (Å²) in [5.74, 6) is 2.08. The lowest BCUT2D eigenvalue weighted by molar-refractivity contribution is -0.121. The lowest BCUT2D eigenvalue weighted by atomic mass is 10.0. The molecule has 0 spiro atoms. The van der Waals surface area contributed by atoms with Gasteiger partial charge in [-0.25, -0.2) is 4.79 Å². The molecule has 5 heteroatoms. The molecule has 0 radical (unpaired) electrons. The minimum atomic E-state index is 0.0213.